The first-order valence-corrected chi connectivity index (χ1v) is 8.07. The van der Waals surface area contributed by atoms with E-state index in [1.54, 1.807) is 0 Å². The Balaban J connectivity index is 0.00000242. The lowest BCUT2D eigenvalue weighted by molar-refractivity contribution is 0.210. The zero-order chi connectivity index (χ0) is 15.8. The third-order valence-electron chi connectivity index (χ3n) is 3.73. The second-order valence-corrected chi connectivity index (χ2v) is 7.16. The van der Waals surface area contributed by atoms with E-state index in [2.05, 4.69) is 0 Å². The summed E-state index contributed by atoms with van der Waals surface area (Å²) in [7, 11) is -4.39. The average Bonchev–Trinajstić information content (AvgIpc) is 2.36. The lowest BCUT2D eigenvalue weighted by Crippen LogP contribution is -2.49. The highest BCUT2D eigenvalue weighted by atomic mass is 35.5. The summed E-state index contributed by atoms with van der Waals surface area (Å²) in [6, 6.07) is 0.211. The van der Waals surface area contributed by atoms with Crippen molar-refractivity contribution in [3.63, 3.8) is 0 Å². The molecular formula is C13H18ClF3N2O2S. The van der Waals surface area contributed by atoms with Crippen molar-refractivity contribution in [3.8, 4) is 0 Å². The van der Waals surface area contributed by atoms with Crippen LogP contribution in [0.4, 0.5) is 13.2 Å². The van der Waals surface area contributed by atoms with Gasteiger partial charge >= 0.3 is 0 Å². The number of sulfonamides is 1. The molecule has 9 heteroatoms. The van der Waals surface area contributed by atoms with Crippen LogP contribution in [0.5, 0.6) is 0 Å². The number of nitrogens with zero attached hydrogens (tertiary/aromatic N) is 1. The summed E-state index contributed by atoms with van der Waals surface area (Å²) < 4.78 is 66.4. The van der Waals surface area contributed by atoms with Gasteiger partial charge in [-0.25, -0.2) is 21.6 Å². The Morgan fingerprint density at radius 1 is 1.27 bits per heavy atom. The molecule has 1 heterocycles. The Morgan fingerprint density at radius 3 is 2.32 bits per heavy atom. The molecule has 1 aliphatic heterocycles. The normalized spacial score (nSPS) is 23.1. The maximum atomic E-state index is 13.8. The number of benzene rings is 1. The summed E-state index contributed by atoms with van der Waals surface area (Å²) in [5.74, 6) is -3.73. The zero-order valence-electron chi connectivity index (χ0n) is 11.9. The fraction of sp³-hybridized carbons (Fsp3) is 0.538. The summed E-state index contributed by atoms with van der Waals surface area (Å²) in [5, 5.41) is 0. The van der Waals surface area contributed by atoms with Gasteiger partial charge in [0.05, 0.1) is 0 Å². The number of piperidine rings is 1. The smallest absolute Gasteiger partial charge is 0.249 e. The minimum absolute atomic E-state index is 0. The maximum Gasteiger partial charge on any atom is 0.249 e. The quantitative estimate of drug-likeness (QED) is 0.901. The van der Waals surface area contributed by atoms with Crippen LogP contribution in [-0.4, -0.2) is 31.9 Å². The lowest BCUT2D eigenvalue weighted by Gasteiger charge is -2.36. The van der Waals surface area contributed by atoms with Gasteiger partial charge in [-0.3, -0.25) is 0 Å². The van der Waals surface area contributed by atoms with E-state index in [0.29, 0.717) is 25.0 Å². The molecule has 0 amide bonds. The molecule has 1 aliphatic rings. The van der Waals surface area contributed by atoms with Crippen LogP contribution in [0, 0.1) is 23.4 Å². The van der Waals surface area contributed by atoms with Gasteiger partial charge in [0.25, 0.3) is 0 Å². The molecular weight excluding hydrogens is 341 g/mol. The molecule has 1 aromatic rings. The fourth-order valence-electron chi connectivity index (χ4n) is 2.65. The molecule has 0 radical (unpaired) electrons. The topological polar surface area (TPSA) is 63.4 Å². The molecule has 0 aliphatic carbocycles. The molecule has 1 aromatic carbocycles. The number of nitrogens with two attached hydrogens (primary N) is 1. The summed E-state index contributed by atoms with van der Waals surface area (Å²) in [6.45, 7) is 2.17. The van der Waals surface area contributed by atoms with Crippen molar-refractivity contribution in [2.24, 2.45) is 11.7 Å². The number of rotatable bonds is 3. The van der Waals surface area contributed by atoms with E-state index in [0.717, 1.165) is 4.31 Å². The summed E-state index contributed by atoms with van der Waals surface area (Å²) in [5.41, 5.74) is 5.58. The maximum absolute atomic E-state index is 13.8. The molecule has 2 rings (SSSR count). The van der Waals surface area contributed by atoms with Gasteiger partial charge in [-0.05, 0) is 18.8 Å². The molecule has 1 fully saturated rings. The Labute approximate surface area is 133 Å². The molecule has 0 spiro atoms. The largest absolute Gasteiger partial charge is 0.329 e. The van der Waals surface area contributed by atoms with Gasteiger partial charge in [0.15, 0.2) is 4.90 Å². The minimum atomic E-state index is -4.39. The number of hydrogen-bond acceptors (Lipinski definition) is 3. The molecule has 2 N–H and O–H groups in total. The van der Waals surface area contributed by atoms with E-state index in [1.165, 1.54) is 0 Å². The lowest BCUT2D eigenvalue weighted by atomic mass is 9.94. The van der Waals surface area contributed by atoms with E-state index >= 15 is 0 Å². The van der Waals surface area contributed by atoms with Gasteiger partial charge in [0.1, 0.15) is 17.5 Å². The van der Waals surface area contributed by atoms with E-state index in [-0.39, 0.29) is 31.4 Å². The molecule has 126 valence electrons. The van der Waals surface area contributed by atoms with Crippen molar-refractivity contribution < 1.29 is 21.6 Å². The molecule has 2 atom stereocenters. The van der Waals surface area contributed by atoms with Gasteiger partial charge in [-0.2, -0.15) is 4.31 Å². The van der Waals surface area contributed by atoms with Crippen molar-refractivity contribution in [2.75, 3.05) is 13.1 Å². The number of hydrogen-bond donors (Lipinski definition) is 1. The Bertz CT molecular complexity index is 619. The van der Waals surface area contributed by atoms with Crippen LogP contribution in [0.15, 0.2) is 17.0 Å². The third-order valence-corrected chi connectivity index (χ3v) is 5.73. The van der Waals surface area contributed by atoms with Gasteiger partial charge in [-0.15, -0.1) is 12.4 Å². The SMILES string of the molecule is CC1CCN(S(=O)(=O)c2c(F)cc(F)cc2F)C(CN)C1.Cl. The first kappa shape index (κ1) is 19.2. The zero-order valence-corrected chi connectivity index (χ0v) is 13.6. The highest BCUT2D eigenvalue weighted by Gasteiger charge is 2.38. The minimum Gasteiger partial charge on any atom is -0.329 e. The van der Waals surface area contributed by atoms with Gasteiger partial charge < -0.3 is 5.73 Å². The predicted octanol–water partition coefficient (Wildman–Crippen LogP) is 2.27. The van der Waals surface area contributed by atoms with Crippen LogP contribution in [-0.2, 0) is 10.0 Å². The van der Waals surface area contributed by atoms with Gasteiger partial charge in [-0.1, -0.05) is 6.92 Å². The van der Waals surface area contributed by atoms with Crippen molar-refractivity contribution in [3.05, 3.63) is 29.6 Å². The van der Waals surface area contributed by atoms with Crippen LogP contribution in [0.2, 0.25) is 0 Å². The Morgan fingerprint density at radius 2 is 1.82 bits per heavy atom. The Kier molecular flexibility index (Phi) is 6.26. The highest BCUT2D eigenvalue weighted by molar-refractivity contribution is 7.89. The molecule has 0 aromatic heterocycles. The van der Waals surface area contributed by atoms with Crippen LogP contribution < -0.4 is 5.73 Å². The predicted molar refractivity (Wildman–Crippen MR) is 78.7 cm³/mol. The standard InChI is InChI=1S/C13H17F3N2O2S.ClH/c1-8-2-3-18(10(4-8)7-17)21(19,20)13-11(15)5-9(14)6-12(13)16;/h5-6,8,10H,2-4,7,17H2,1H3;1H. The van der Waals surface area contributed by atoms with Crippen molar-refractivity contribution in [2.45, 2.75) is 30.7 Å². The second kappa shape index (κ2) is 7.16. The molecule has 2 unspecified atom stereocenters. The van der Waals surface area contributed by atoms with Crippen LogP contribution in [0.3, 0.4) is 0 Å². The summed E-state index contributed by atoms with van der Waals surface area (Å²) in [6.07, 6.45) is 1.11. The third kappa shape index (κ3) is 3.56. The molecule has 1 saturated heterocycles. The monoisotopic (exact) mass is 358 g/mol. The first-order valence-electron chi connectivity index (χ1n) is 6.63. The summed E-state index contributed by atoms with van der Waals surface area (Å²) in [4.78, 5) is -1.11. The molecule has 4 nitrogen and oxygen atoms in total. The fourth-order valence-corrected chi connectivity index (χ4v) is 4.41. The average molecular weight is 359 g/mol. The van der Waals surface area contributed by atoms with E-state index in [9.17, 15) is 21.6 Å². The van der Waals surface area contributed by atoms with Gasteiger partial charge in [0.2, 0.25) is 10.0 Å². The van der Waals surface area contributed by atoms with Crippen LogP contribution in [0.1, 0.15) is 19.8 Å². The molecule has 22 heavy (non-hydrogen) atoms. The van der Waals surface area contributed by atoms with Crippen molar-refractivity contribution in [1.29, 1.82) is 0 Å². The van der Waals surface area contributed by atoms with E-state index < -0.39 is 38.4 Å². The Hall–Kier alpha value is -0.830. The van der Waals surface area contributed by atoms with Crippen LogP contribution >= 0.6 is 12.4 Å². The second-order valence-electron chi connectivity index (χ2n) is 5.33. The van der Waals surface area contributed by atoms with E-state index in [1.807, 2.05) is 6.92 Å². The number of halogens is 4. The van der Waals surface area contributed by atoms with Gasteiger partial charge in [0, 0.05) is 31.3 Å². The highest BCUT2D eigenvalue weighted by Crippen LogP contribution is 2.30. The van der Waals surface area contributed by atoms with E-state index in [4.69, 9.17) is 5.73 Å². The van der Waals surface area contributed by atoms with Crippen molar-refractivity contribution in [1.82, 2.24) is 4.31 Å². The van der Waals surface area contributed by atoms with Crippen LogP contribution in [0.25, 0.3) is 0 Å². The van der Waals surface area contributed by atoms with Crippen molar-refractivity contribution >= 4 is 22.4 Å². The molecule has 0 bridgehead atoms. The molecule has 0 saturated carbocycles. The summed E-state index contributed by atoms with van der Waals surface area (Å²) >= 11 is 0. The first-order chi connectivity index (χ1) is 9.77.